The zero-order valence-electron chi connectivity index (χ0n) is 12.5. The normalized spacial score (nSPS) is 11.4. The second-order valence-corrected chi connectivity index (χ2v) is 5.78. The molecular formula is C15H23ClN2O2. The molecule has 0 atom stereocenters. The Labute approximate surface area is 125 Å². The number of hydrogen-bond acceptors (Lipinski definition) is 3. The van der Waals surface area contributed by atoms with E-state index in [1.165, 1.54) is 12.1 Å². The molecule has 0 aliphatic heterocycles. The van der Waals surface area contributed by atoms with E-state index >= 15 is 0 Å². The molecule has 2 N–H and O–H groups in total. The molecule has 0 aliphatic rings. The molecule has 1 rings (SSSR count). The molecule has 1 aromatic rings. The number of halogens is 1. The molecule has 20 heavy (non-hydrogen) atoms. The summed E-state index contributed by atoms with van der Waals surface area (Å²) in [6.07, 6.45) is 0. The summed E-state index contributed by atoms with van der Waals surface area (Å²) in [5.41, 5.74) is 0.245. The predicted molar refractivity (Wildman–Crippen MR) is 82.4 cm³/mol. The van der Waals surface area contributed by atoms with E-state index in [1.54, 1.807) is 6.07 Å². The van der Waals surface area contributed by atoms with Crippen LogP contribution in [0.25, 0.3) is 0 Å². The summed E-state index contributed by atoms with van der Waals surface area (Å²) in [6, 6.07) is 5.33. The van der Waals surface area contributed by atoms with Gasteiger partial charge < -0.3 is 10.4 Å². The minimum absolute atomic E-state index is 0.0976. The highest BCUT2D eigenvalue weighted by molar-refractivity contribution is 6.30. The summed E-state index contributed by atoms with van der Waals surface area (Å²) in [6.45, 7) is 9.84. The first-order valence-corrected chi connectivity index (χ1v) is 7.23. The van der Waals surface area contributed by atoms with E-state index in [4.69, 9.17) is 11.6 Å². The Kier molecular flexibility index (Phi) is 6.30. The Hall–Kier alpha value is -1.26. The molecule has 0 saturated carbocycles. The smallest absolute Gasteiger partial charge is 0.255 e. The molecule has 112 valence electrons. The Balaban J connectivity index is 2.55. The van der Waals surface area contributed by atoms with Crippen molar-refractivity contribution < 1.29 is 9.90 Å². The van der Waals surface area contributed by atoms with Crippen molar-refractivity contribution in [1.29, 1.82) is 0 Å². The van der Waals surface area contributed by atoms with Crippen LogP contribution in [0.3, 0.4) is 0 Å². The van der Waals surface area contributed by atoms with Crippen LogP contribution in [0.5, 0.6) is 5.75 Å². The molecule has 0 aliphatic carbocycles. The van der Waals surface area contributed by atoms with Gasteiger partial charge in [-0.05, 0) is 45.9 Å². The molecule has 0 spiro atoms. The van der Waals surface area contributed by atoms with Crippen LogP contribution in [-0.2, 0) is 0 Å². The van der Waals surface area contributed by atoms with Crippen molar-refractivity contribution >= 4 is 17.5 Å². The lowest BCUT2D eigenvalue weighted by atomic mass is 10.2. The number of phenols is 1. The minimum Gasteiger partial charge on any atom is -0.507 e. The van der Waals surface area contributed by atoms with E-state index in [2.05, 4.69) is 37.9 Å². The number of benzene rings is 1. The quantitative estimate of drug-likeness (QED) is 0.849. The maximum Gasteiger partial charge on any atom is 0.255 e. The number of aromatic hydroxyl groups is 1. The summed E-state index contributed by atoms with van der Waals surface area (Å²) in [4.78, 5) is 14.3. The largest absolute Gasteiger partial charge is 0.507 e. The summed E-state index contributed by atoms with van der Waals surface area (Å²) in [5, 5.41) is 12.9. The molecule has 0 fully saturated rings. The Morgan fingerprint density at radius 1 is 1.30 bits per heavy atom. The van der Waals surface area contributed by atoms with Gasteiger partial charge in [0, 0.05) is 30.2 Å². The van der Waals surface area contributed by atoms with Crippen LogP contribution in [0.1, 0.15) is 38.1 Å². The van der Waals surface area contributed by atoms with Crippen LogP contribution in [0.2, 0.25) is 5.02 Å². The molecular weight excluding hydrogens is 276 g/mol. The number of nitrogens with one attached hydrogen (secondary N) is 1. The topological polar surface area (TPSA) is 52.6 Å². The third-order valence-corrected chi connectivity index (χ3v) is 3.42. The lowest BCUT2D eigenvalue weighted by Crippen LogP contribution is -2.42. The third-order valence-electron chi connectivity index (χ3n) is 3.19. The number of hydrogen-bond donors (Lipinski definition) is 2. The third kappa shape index (κ3) is 4.69. The molecule has 0 saturated heterocycles. The average Bonchev–Trinajstić information content (AvgIpc) is 2.33. The Morgan fingerprint density at radius 3 is 2.40 bits per heavy atom. The van der Waals surface area contributed by atoms with E-state index in [9.17, 15) is 9.90 Å². The fourth-order valence-electron chi connectivity index (χ4n) is 2.20. The van der Waals surface area contributed by atoms with Crippen LogP contribution < -0.4 is 5.32 Å². The van der Waals surface area contributed by atoms with Crippen LogP contribution in [0.4, 0.5) is 0 Å². The van der Waals surface area contributed by atoms with E-state index in [-0.39, 0.29) is 17.2 Å². The van der Waals surface area contributed by atoms with Crippen molar-refractivity contribution in [3.8, 4) is 5.75 Å². The highest BCUT2D eigenvalue weighted by Gasteiger charge is 2.15. The second-order valence-electron chi connectivity index (χ2n) is 5.34. The number of phenolic OH excluding ortho intramolecular Hbond substituents is 1. The standard InChI is InChI=1S/C15H23ClN2O2/c1-10(2)18(11(3)4)8-7-17-15(20)13-6-5-12(16)9-14(13)19/h5-6,9-11,19H,7-8H2,1-4H3,(H,17,20). The number of amides is 1. The van der Waals surface area contributed by atoms with Gasteiger partial charge in [-0.1, -0.05) is 11.6 Å². The van der Waals surface area contributed by atoms with E-state index in [0.717, 1.165) is 6.54 Å². The maximum atomic E-state index is 12.0. The lowest BCUT2D eigenvalue weighted by molar-refractivity contribution is 0.0937. The SMILES string of the molecule is CC(C)N(CCNC(=O)c1ccc(Cl)cc1O)C(C)C. The first-order valence-electron chi connectivity index (χ1n) is 6.85. The number of carbonyl (C=O) groups excluding carboxylic acids is 1. The molecule has 0 unspecified atom stereocenters. The van der Waals surface area contributed by atoms with Crippen molar-refractivity contribution in [3.63, 3.8) is 0 Å². The molecule has 5 heteroatoms. The summed E-state index contributed by atoms with van der Waals surface area (Å²) < 4.78 is 0. The first-order chi connectivity index (χ1) is 9.32. The molecule has 0 heterocycles. The molecule has 1 aromatic carbocycles. The van der Waals surface area contributed by atoms with Gasteiger partial charge in [-0.2, -0.15) is 0 Å². The van der Waals surface area contributed by atoms with Gasteiger partial charge in [-0.3, -0.25) is 9.69 Å². The molecule has 0 radical (unpaired) electrons. The first kappa shape index (κ1) is 16.8. The zero-order valence-corrected chi connectivity index (χ0v) is 13.2. The Morgan fingerprint density at radius 2 is 1.90 bits per heavy atom. The molecule has 0 bridgehead atoms. The highest BCUT2D eigenvalue weighted by Crippen LogP contribution is 2.21. The summed E-state index contributed by atoms with van der Waals surface area (Å²) >= 11 is 5.74. The van der Waals surface area contributed by atoms with Crippen molar-refractivity contribution in [2.24, 2.45) is 0 Å². The van der Waals surface area contributed by atoms with E-state index < -0.39 is 0 Å². The fraction of sp³-hybridized carbons (Fsp3) is 0.533. The fourth-order valence-corrected chi connectivity index (χ4v) is 2.37. The van der Waals surface area contributed by atoms with Crippen molar-refractivity contribution in [2.75, 3.05) is 13.1 Å². The molecule has 0 aromatic heterocycles. The van der Waals surface area contributed by atoms with Gasteiger partial charge in [0.25, 0.3) is 5.91 Å². The number of carbonyl (C=O) groups is 1. The second kappa shape index (κ2) is 7.50. The number of rotatable bonds is 6. The van der Waals surface area contributed by atoms with Gasteiger partial charge in [0.05, 0.1) is 5.56 Å². The van der Waals surface area contributed by atoms with Gasteiger partial charge >= 0.3 is 0 Å². The van der Waals surface area contributed by atoms with Gasteiger partial charge in [0.15, 0.2) is 0 Å². The highest BCUT2D eigenvalue weighted by atomic mass is 35.5. The monoisotopic (exact) mass is 298 g/mol. The van der Waals surface area contributed by atoms with Gasteiger partial charge in [0.2, 0.25) is 0 Å². The van der Waals surface area contributed by atoms with Crippen LogP contribution >= 0.6 is 11.6 Å². The minimum atomic E-state index is -0.286. The van der Waals surface area contributed by atoms with Crippen molar-refractivity contribution in [2.45, 2.75) is 39.8 Å². The van der Waals surface area contributed by atoms with Gasteiger partial charge in [0.1, 0.15) is 5.75 Å². The van der Waals surface area contributed by atoms with Gasteiger partial charge in [-0.15, -0.1) is 0 Å². The van der Waals surface area contributed by atoms with Crippen molar-refractivity contribution in [1.82, 2.24) is 10.2 Å². The number of nitrogens with zero attached hydrogens (tertiary/aromatic N) is 1. The maximum absolute atomic E-state index is 12.0. The molecule has 1 amide bonds. The lowest BCUT2D eigenvalue weighted by Gasteiger charge is -2.30. The summed E-state index contributed by atoms with van der Waals surface area (Å²) in [7, 11) is 0. The van der Waals surface area contributed by atoms with Crippen LogP contribution in [0.15, 0.2) is 18.2 Å². The summed E-state index contributed by atoms with van der Waals surface area (Å²) in [5.74, 6) is -0.383. The van der Waals surface area contributed by atoms with Crippen LogP contribution in [-0.4, -0.2) is 41.1 Å². The molecule has 4 nitrogen and oxygen atoms in total. The van der Waals surface area contributed by atoms with E-state index in [0.29, 0.717) is 23.7 Å². The average molecular weight is 299 g/mol. The van der Waals surface area contributed by atoms with Gasteiger partial charge in [-0.25, -0.2) is 0 Å². The van der Waals surface area contributed by atoms with Crippen molar-refractivity contribution in [3.05, 3.63) is 28.8 Å². The zero-order chi connectivity index (χ0) is 15.3. The Bertz CT molecular complexity index is 453. The van der Waals surface area contributed by atoms with E-state index in [1.807, 2.05) is 0 Å². The van der Waals surface area contributed by atoms with Crippen LogP contribution in [0, 0.1) is 0 Å². The predicted octanol–water partition coefficient (Wildman–Crippen LogP) is 2.89.